The van der Waals surface area contributed by atoms with Gasteiger partial charge in [0.2, 0.25) is 0 Å². The number of furan rings is 1. The molecule has 2 heterocycles. The molecule has 5 rings (SSSR count). The number of carbonyl (C=O) groups is 2. The van der Waals surface area contributed by atoms with Crippen LogP contribution in [-0.2, 0) is 6.61 Å². The zero-order valence-corrected chi connectivity index (χ0v) is 20.7. The minimum absolute atomic E-state index is 0.137. The van der Waals surface area contributed by atoms with Crippen molar-refractivity contribution < 1.29 is 28.7 Å². The number of carbonyl (C=O) groups excluding carboxylic acids is 2. The number of fused-ring (bicyclic) bond motifs is 1. The molecule has 0 saturated heterocycles. The van der Waals surface area contributed by atoms with Crippen LogP contribution in [0.3, 0.4) is 0 Å². The van der Waals surface area contributed by atoms with Gasteiger partial charge in [0.05, 0.1) is 12.2 Å². The van der Waals surface area contributed by atoms with Gasteiger partial charge in [-0.1, -0.05) is 18.2 Å². The third-order valence-corrected chi connectivity index (χ3v) is 5.85. The van der Waals surface area contributed by atoms with Gasteiger partial charge in [0, 0.05) is 28.9 Å². The van der Waals surface area contributed by atoms with Gasteiger partial charge in [-0.3, -0.25) is 25.2 Å². The average molecular weight is 528 g/mol. The SMILES string of the molecule is O=C(NO)c1ccc(OCCNC(=O)c2oc3ccccc3c2COc2ccc(N3C=CN=CN3)cc2)cc1. The van der Waals surface area contributed by atoms with Gasteiger partial charge in [-0.25, -0.2) is 10.5 Å². The highest BCUT2D eigenvalue weighted by Gasteiger charge is 2.21. The third kappa shape index (κ3) is 6.00. The average Bonchev–Trinajstić information content (AvgIpc) is 3.37. The fourth-order valence-corrected chi connectivity index (χ4v) is 3.91. The number of hydrogen-bond acceptors (Lipinski definition) is 9. The van der Waals surface area contributed by atoms with E-state index < -0.39 is 5.91 Å². The van der Waals surface area contributed by atoms with Crippen molar-refractivity contribution in [2.24, 2.45) is 4.99 Å². The molecular weight excluding hydrogens is 502 g/mol. The molecule has 0 saturated carbocycles. The summed E-state index contributed by atoms with van der Waals surface area (Å²) in [5, 5.41) is 14.1. The van der Waals surface area contributed by atoms with Crippen LogP contribution >= 0.6 is 0 Å². The van der Waals surface area contributed by atoms with Crippen LogP contribution in [0.5, 0.6) is 11.5 Å². The molecule has 2 amide bonds. The number of para-hydroxylation sites is 1. The van der Waals surface area contributed by atoms with Crippen molar-refractivity contribution in [1.29, 1.82) is 0 Å². The zero-order chi connectivity index (χ0) is 27.0. The quantitative estimate of drug-likeness (QED) is 0.139. The molecule has 0 spiro atoms. The van der Waals surface area contributed by atoms with Gasteiger partial charge in [-0.2, -0.15) is 0 Å². The molecule has 0 unspecified atom stereocenters. The van der Waals surface area contributed by atoms with E-state index in [-0.39, 0.29) is 31.4 Å². The van der Waals surface area contributed by atoms with Gasteiger partial charge in [-0.15, -0.1) is 0 Å². The lowest BCUT2D eigenvalue weighted by Crippen LogP contribution is -2.33. The molecule has 39 heavy (non-hydrogen) atoms. The summed E-state index contributed by atoms with van der Waals surface area (Å²) in [5.41, 5.74) is 7.02. The summed E-state index contributed by atoms with van der Waals surface area (Å²) < 4.78 is 17.5. The van der Waals surface area contributed by atoms with Gasteiger partial charge < -0.3 is 19.2 Å². The smallest absolute Gasteiger partial charge is 0.287 e. The molecule has 0 aliphatic carbocycles. The molecule has 0 fully saturated rings. The summed E-state index contributed by atoms with van der Waals surface area (Å²) in [6.07, 6.45) is 5.07. The van der Waals surface area contributed by atoms with Crippen LogP contribution in [-0.4, -0.2) is 36.5 Å². The monoisotopic (exact) mass is 527 g/mol. The number of rotatable bonds is 10. The van der Waals surface area contributed by atoms with E-state index in [1.54, 1.807) is 42.4 Å². The second-order valence-corrected chi connectivity index (χ2v) is 8.33. The Balaban J connectivity index is 1.20. The number of benzene rings is 3. The normalized spacial score (nSPS) is 12.2. The van der Waals surface area contributed by atoms with Gasteiger partial charge in [0.15, 0.2) is 5.76 Å². The number of amides is 2. The summed E-state index contributed by atoms with van der Waals surface area (Å²) >= 11 is 0. The first-order valence-electron chi connectivity index (χ1n) is 12.0. The topological polar surface area (TPSA) is 138 Å². The van der Waals surface area contributed by atoms with Crippen LogP contribution in [0.15, 0.2) is 94.6 Å². The molecule has 4 aromatic rings. The molecule has 0 bridgehead atoms. The lowest BCUT2D eigenvalue weighted by molar-refractivity contribution is 0.0706. The summed E-state index contributed by atoms with van der Waals surface area (Å²) in [6.45, 7) is 0.556. The van der Waals surface area contributed by atoms with Crippen LogP contribution < -0.4 is 30.7 Å². The molecule has 1 aliphatic rings. The maximum atomic E-state index is 13.0. The third-order valence-electron chi connectivity index (χ3n) is 5.85. The van der Waals surface area contributed by atoms with E-state index in [9.17, 15) is 9.59 Å². The van der Waals surface area contributed by atoms with Crippen molar-refractivity contribution >= 4 is 34.8 Å². The molecule has 4 N–H and O–H groups in total. The molecule has 198 valence electrons. The Hall–Kier alpha value is -5.29. The Morgan fingerprint density at radius 1 is 0.949 bits per heavy atom. The van der Waals surface area contributed by atoms with Gasteiger partial charge >= 0.3 is 0 Å². The Bertz CT molecular complexity index is 1510. The van der Waals surface area contributed by atoms with Crippen molar-refractivity contribution in [2.75, 3.05) is 18.2 Å². The van der Waals surface area contributed by atoms with Crippen molar-refractivity contribution in [3.05, 3.63) is 102 Å². The highest BCUT2D eigenvalue weighted by Crippen LogP contribution is 2.28. The van der Waals surface area contributed by atoms with Crippen molar-refractivity contribution in [1.82, 2.24) is 16.2 Å². The first-order valence-corrected chi connectivity index (χ1v) is 12.0. The zero-order valence-electron chi connectivity index (χ0n) is 20.7. The van der Waals surface area contributed by atoms with E-state index in [4.69, 9.17) is 19.1 Å². The number of hydrogen-bond donors (Lipinski definition) is 4. The Morgan fingerprint density at radius 3 is 2.44 bits per heavy atom. The van der Waals surface area contributed by atoms with E-state index in [0.29, 0.717) is 28.2 Å². The summed E-state index contributed by atoms with van der Waals surface area (Å²) in [4.78, 5) is 28.4. The van der Waals surface area contributed by atoms with Gasteiger partial charge in [0.1, 0.15) is 36.6 Å². The molecule has 1 aliphatic heterocycles. The second kappa shape index (κ2) is 11.8. The minimum Gasteiger partial charge on any atom is -0.492 e. The fraction of sp³-hybridized carbons (Fsp3) is 0.107. The van der Waals surface area contributed by atoms with Crippen molar-refractivity contribution in [3.8, 4) is 11.5 Å². The van der Waals surface area contributed by atoms with E-state index in [2.05, 4.69) is 15.7 Å². The molecule has 3 aromatic carbocycles. The van der Waals surface area contributed by atoms with E-state index in [0.717, 1.165) is 11.1 Å². The number of hydroxylamine groups is 1. The first kappa shape index (κ1) is 25.4. The Kier molecular flexibility index (Phi) is 7.70. The highest BCUT2D eigenvalue weighted by atomic mass is 16.5. The molecular formula is C28H25N5O6. The van der Waals surface area contributed by atoms with Crippen LogP contribution in [0.4, 0.5) is 5.69 Å². The number of hydrazine groups is 1. The van der Waals surface area contributed by atoms with Crippen LogP contribution in [0.2, 0.25) is 0 Å². The fourth-order valence-electron chi connectivity index (χ4n) is 3.91. The minimum atomic E-state index is -0.612. The van der Waals surface area contributed by atoms with Crippen LogP contribution in [0.25, 0.3) is 11.0 Å². The lowest BCUT2D eigenvalue weighted by atomic mass is 10.1. The van der Waals surface area contributed by atoms with E-state index in [1.165, 1.54) is 12.1 Å². The molecule has 11 heteroatoms. The molecule has 11 nitrogen and oxygen atoms in total. The number of ether oxygens (including phenoxy) is 2. The maximum absolute atomic E-state index is 13.0. The molecule has 1 aromatic heterocycles. The van der Waals surface area contributed by atoms with Crippen molar-refractivity contribution in [2.45, 2.75) is 6.61 Å². The van der Waals surface area contributed by atoms with Crippen LogP contribution in [0, 0.1) is 0 Å². The lowest BCUT2D eigenvalue weighted by Gasteiger charge is -2.21. The Morgan fingerprint density at radius 2 is 1.69 bits per heavy atom. The van der Waals surface area contributed by atoms with Crippen LogP contribution in [0.1, 0.15) is 26.5 Å². The van der Waals surface area contributed by atoms with E-state index >= 15 is 0 Å². The maximum Gasteiger partial charge on any atom is 0.287 e. The second-order valence-electron chi connectivity index (χ2n) is 8.33. The Labute approximate surface area is 223 Å². The molecule has 0 atom stereocenters. The largest absolute Gasteiger partial charge is 0.492 e. The first-order chi connectivity index (χ1) is 19.1. The van der Waals surface area contributed by atoms with Gasteiger partial charge in [0.25, 0.3) is 11.8 Å². The molecule has 0 radical (unpaired) electrons. The number of aliphatic imine (C=N–C) groups is 1. The standard InChI is InChI=1S/C28H25N5O6/c34-27(32-36)19-5-9-21(10-6-19)37-16-14-30-28(35)26-24(23-3-1-2-4-25(23)39-26)17-38-22-11-7-20(8-12-22)33-15-13-29-18-31-33/h1-13,15,18,36H,14,16-17H2,(H,29,31)(H,30,35)(H,32,34). The summed E-state index contributed by atoms with van der Waals surface area (Å²) in [5.74, 6) is 0.334. The summed E-state index contributed by atoms with van der Waals surface area (Å²) in [7, 11) is 0. The number of nitrogens with zero attached hydrogens (tertiary/aromatic N) is 2. The highest BCUT2D eigenvalue weighted by molar-refractivity contribution is 5.99. The van der Waals surface area contributed by atoms with Crippen molar-refractivity contribution in [3.63, 3.8) is 0 Å². The van der Waals surface area contributed by atoms with Gasteiger partial charge in [-0.05, 0) is 54.6 Å². The summed E-state index contributed by atoms with van der Waals surface area (Å²) in [6, 6.07) is 21.1. The predicted molar refractivity (Wildman–Crippen MR) is 144 cm³/mol. The predicted octanol–water partition coefficient (Wildman–Crippen LogP) is 3.76. The number of anilines is 1. The van der Waals surface area contributed by atoms with E-state index in [1.807, 2.05) is 47.5 Å². The number of nitrogens with one attached hydrogen (secondary N) is 3.